The number of likely N-dealkylation sites (tertiary alicyclic amines) is 1. The van der Waals surface area contributed by atoms with E-state index in [9.17, 15) is 13.6 Å². The first-order valence-corrected chi connectivity index (χ1v) is 11.2. The number of ether oxygens (including phenoxy) is 1. The third-order valence-corrected chi connectivity index (χ3v) is 6.31. The maximum absolute atomic E-state index is 14.0. The Hall–Kier alpha value is -2.55. The van der Waals surface area contributed by atoms with Crippen LogP contribution in [-0.2, 0) is 9.57 Å². The van der Waals surface area contributed by atoms with Gasteiger partial charge in [-0.15, -0.1) is 11.3 Å². The molecule has 1 amide bonds. The molecule has 2 aliphatic rings. The van der Waals surface area contributed by atoms with E-state index < -0.39 is 23.3 Å². The molecule has 1 saturated heterocycles. The van der Waals surface area contributed by atoms with Gasteiger partial charge in [0.05, 0.1) is 16.3 Å². The molecular formula is C22H25F2N3O3S. The molecule has 9 heteroatoms. The summed E-state index contributed by atoms with van der Waals surface area (Å²) in [5, 5.41) is 6.91. The smallest absolute Gasteiger partial charge is 0.410 e. The van der Waals surface area contributed by atoms with E-state index in [0.717, 1.165) is 17.8 Å². The zero-order valence-corrected chi connectivity index (χ0v) is 18.5. The Bertz CT molecular complexity index is 974. The van der Waals surface area contributed by atoms with Gasteiger partial charge in [-0.25, -0.2) is 18.6 Å². The van der Waals surface area contributed by atoms with Gasteiger partial charge in [-0.2, -0.15) is 0 Å². The molecule has 0 unspecified atom stereocenters. The highest BCUT2D eigenvalue weighted by Gasteiger charge is 2.32. The van der Waals surface area contributed by atoms with Crippen LogP contribution < -0.4 is 0 Å². The molecule has 4 rings (SSSR count). The van der Waals surface area contributed by atoms with Crippen molar-refractivity contribution in [3.8, 4) is 0 Å². The highest BCUT2D eigenvalue weighted by atomic mass is 32.1. The van der Waals surface area contributed by atoms with Crippen molar-refractivity contribution in [1.82, 2.24) is 9.88 Å². The number of halogens is 2. The van der Waals surface area contributed by atoms with E-state index in [0.29, 0.717) is 24.5 Å². The summed E-state index contributed by atoms with van der Waals surface area (Å²) >= 11 is 1.54. The van der Waals surface area contributed by atoms with Crippen molar-refractivity contribution in [1.29, 1.82) is 0 Å². The van der Waals surface area contributed by atoms with Crippen LogP contribution in [-0.4, -0.2) is 40.4 Å². The molecule has 0 N–H and O–H groups in total. The predicted octanol–water partition coefficient (Wildman–Crippen LogP) is 5.40. The summed E-state index contributed by atoms with van der Waals surface area (Å²) in [4.78, 5) is 24.0. The minimum Gasteiger partial charge on any atom is -0.444 e. The number of thiazole rings is 1. The van der Waals surface area contributed by atoms with Gasteiger partial charge in [0.25, 0.3) is 0 Å². The van der Waals surface area contributed by atoms with Crippen molar-refractivity contribution >= 4 is 23.1 Å². The van der Waals surface area contributed by atoms with E-state index in [1.165, 1.54) is 29.5 Å². The fraction of sp³-hybridized carbons (Fsp3) is 0.500. The van der Waals surface area contributed by atoms with E-state index in [1.54, 1.807) is 4.90 Å². The van der Waals surface area contributed by atoms with Gasteiger partial charge in [-0.3, -0.25) is 0 Å². The quantitative estimate of drug-likeness (QED) is 0.629. The van der Waals surface area contributed by atoms with E-state index >= 15 is 0 Å². The number of piperidine rings is 1. The van der Waals surface area contributed by atoms with Crippen LogP contribution in [0.2, 0.25) is 0 Å². The largest absolute Gasteiger partial charge is 0.444 e. The Kier molecular flexibility index (Phi) is 5.96. The molecule has 0 radical (unpaired) electrons. The van der Waals surface area contributed by atoms with Crippen molar-refractivity contribution in [2.24, 2.45) is 5.16 Å². The summed E-state index contributed by atoms with van der Waals surface area (Å²) in [6.45, 7) is 6.81. The van der Waals surface area contributed by atoms with Gasteiger partial charge < -0.3 is 14.5 Å². The molecule has 0 saturated carbocycles. The Labute approximate surface area is 183 Å². The zero-order valence-electron chi connectivity index (χ0n) is 17.7. The molecule has 31 heavy (non-hydrogen) atoms. The van der Waals surface area contributed by atoms with Crippen LogP contribution in [0.4, 0.5) is 13.6 Å². The molecule has 1 aromatic carbocycles. The predicted molar refractivity (Wildman–Crippen MR) is 113 cm³/mol. The number of aromatic nitrogens is 1. The average Bonchev–Trinajstić information content (AvgIpc) is 3.36. The monoisotopic (exact) mass is 449 g/mol. The average molecular weight is 450 g/mol. The first-order valence-electron chi connectivity index (χ1n) is 10.3. The molecule has 6 nitrogen and oxygen atoms in total. The summed E-state index contributed by atoms with van der Waals surface area (Å²) in [6, 6.07) is 3.75. The molecule has 0 aliphatic carbocycles. The molecule has 0 spiro atoms. The first-order chi connectivity index (χ1) is 14.7. The lowest BCUT2D eigenvalue weighted by molar-refractivity contribution is 0.0204. The van der Waals surface area contributed by atoms with Crippen molar-refractivity contribution < 1.29 is 23.1 Å². The van der Waals surface area contributed by atoms with Gasteiger partial charge in [0.2, 0.25) is 0 Å². The van der Waals surface area contributed by atoms with Crippen LogP contribution in [0.3, 0.4) is 0 Å². The third kappa shape index (κ3) is 4.87. The van der Waals surface area contributed by atoms with Crippen molar-refractivity contribution in [3.05, 3.63) is 51.5 Å². The number of nitrogens with zero attached hydrogens (tertiary/aromatic N) is 3. The fourth-order valence-electron chi connectivity index (χ4n) is 3.74. The number of hydrogen-bond acceptors (Lipinski definition) is 6. The number of oxime groups is 1. The Morgan fingerprint density at radius 3 is 2.55 bits per heavy atom. The van der Waals surface area contributed by atoms with Gasteiger partial charge in [0.1, 0.15) is 22.9 Å². The fourth-order valence-corrected chi connectivity index (χ4v) is 4.75. The van der Waals surface area contributed by atoms with Crippen LogP contribution >= 0.6 is 11.3 Å². The normalized spacial score (nSPS) is 19.8. The summed E-state index contributed by atoms with van der Waals surface area (Å²) in [7, 11) is 0. The molecule has 1 atom stereocenters. The second-order valence-corrected chi connectivity index (χ2v) is 9.67. The van der Waals surface area contributed by atoms with Gasteiger partial charge in [0, 0.05) is 30.8 Å². The lowest BCUT2D eigenvalue weighted by Crippen LogP contribution is -2.41. The number of benzene rings is 1. The summed E-state index contributed by atoms with van der Waals surface area (Å²) in [6.07, 6.45) is 0.794. The van der Waals surface area contributed by atoms with Crippen LogP contribution in [0.5, 0.6) is 0 Å². The number of rotatable bonds is 3. The number of carbonyl (C=O) groups excluding carboxylic acids is 1. The van der Waals surface area contributed by atoms with Crippen molar-refractivity contribution in [2.75, 3.05) is 13.1 Å². The Morgan fingerprint density at radius 2 is 1.90 bits per heavy atom. The molecule has 2 aliphatic heterocycles. The lowest BCUT2D eigenvalue weighted by Gasteiger charge is -2.32. The molecule has 166 valence electrons. The summed E-state index contributed by atoms with van der Waals surface area (Å²) in [5.41, 5.74) is 0.646. The number of hydrogen-bond donors (Lipinski definition) is 0. The minimum absolute atomic E-state index is 0.105. The molecule has 1 fully saturated rings. The highest BCUT2D eigenvalue weighted by Crippen LogP contribution is 2.35. The van der Waals surface area contributed by atoms with E-state index in [1.807, 2.05) is 26.2 Å². The number of amides is 1. The molecule has 3 heterocycles. The minimum atomic E-state index is -0.793. The standard InChI is InChI=1S/C22H25F2N3O3S/c1-22(2,3)29-21(28)27-9-7-13(8-10-27)20-25-17(12-31-20)16-11-18(30-26-16)19-14(23)5-4-6-15(19)24/h4-6,12-13,18H,7-11H2,1-3H3/t18-/m0/s1. The number of carbonyl (C=O) groups is 1. The van der Waals surface area contributed by atoms with E-state index in [-0.39, 0.29) is 24.0 Å². The third-order valence-electron chi connectivity index (χ3n) is 5.30. The molecular weight excluding hydrogens is 424 g/mol. The van der Waals surface area contributed by atoms with E-state index in [4.69, 9.17) is 14.6 Å². The van der Waals surface area contributed by atoms with Crippen molar-refractivity contribution in [3.63, 3.8) is 0 Å². The maximum atomic E-state index is 14.0. The molecule has 1 aromatic heterocycles. The molecule has 2 aromatic rings. The van der Waals surface area contributed by atoms with Crippen LogP contribution in [0.15, 0.2) is 28.7 Å². The topological polar surface area (TPSA) is 64.0 Å². The molecule has 0 bridgehead atoms. The van der Waals surface area contributed by atoms with Gasteiger partial charge in [0.15, 0.2) is 6.10 Å². The Balaban J connectivity index is 1.36. The Morgan fingerprint density at radius 1 is 1.23 bits per heavy atom. The van der Waals surface area contributed by atoms with Gasteiger partial charge in [-0.05, 0) is 45.7 Å². The van der Waals surface area contributed by atoms with Crippen LogP contribution in [0, 0.1) is 11.6 Å². The van der Waals surface area contributed by atoms with E-state index in [2.05, 4.69) is 5.16 Å². The summed E-state index contributed by atoms with van der Waals surface area (Å²) in [5.74, 6) is -1.03. The van der Waals surface area contributed by atoms with Crippen LogP contribution in [0.25, 0.3) is 0 Å². The van der Waals surface area contributed by atoms with Crippen LogP contribution in [0.1, 0.15) is 68.3 Å². The second kappa shape index (κ2) is 8.53. The van der Waals surface area contributed by atoms with Gasteiger partial charge in [-0.1, -0.05) is 11.2 Å². The zero-order chi connectivity index (χ0) is 22.2. The highest BCUT2D eigenvalue weighted by molar-refractivity contribution is 7.10. The SMILES string of the molecule is CC(C)(C)OC(=O)N1CCC(c2nc(C3=NO[C@H](c4c(F)cccc4F)C3)cs2)CC1. The lowest BCUT2D eigenvalue weighted by atomic mass is 9.97. The van der Waals surface area contributed by atoms with Crippen molar-refractivity contribution in [2.45, 2.75) is 57.7 Å². The van der Waals surface area contributed by atoms with Gasteiger partial charge >= 0.3 is 6.09 Å². The first kappa shape index (κ1) is 21.7. The summed E-state index contributed by atoms with van der Waals surface area (Å²) < 4.78 is 33.5. The second-order valence-electron chi connectivity index (χ2n) is 8.78. The maximum Gasteiger partial charge on any atom is 0.410 e.